The summed E-state index contributed by atoms with van der Waals surface area (Å²) in [4.78, 5) is 0. The van der Waals surface area contributed by atoms with E-state index in [4.69, 9.17) is 5.73 Å². The minimum Gasteiger partial charge on any atom is -0.398 e. The molecule has 0 atom stereocenters. The average Bonchev–Trinajstić information content (AvgIpc) is 2.13. The second-order valence-electron chi connectivity index (χ2n) is 7.68. The quantitative estimate of drug-likeness (QED) is 0.695. The van der Waals surface area contributed by atoms with Crippen molar-refractivity contribution >= 4 is 5.69 Å². The van der Waals surface area contributed by atoms with Crippen molar-refractivity contribution in [3.05, 3.63) is 28.8 Å². The molecule has 0 aliphatic carbocycles. The second kappa shape index (κ2) is 4.60. The molecule has 0 amide bonds. The molecule has 2 N–H and O–H groups in total. The summed E-state index contributed by atoms with van der Waals surface area (Å²) in [7, 11) is 0. The van der Waals surface area contributed by atoms with Gasteiger partial charge in [-0.3, -0.25) is 0 Å². The van der Waals surface area contributed by atoms with Crippen LogP contribution in [0.1, 0.15) is 78.0 Å². The number of benzene rings is 1. The lowest BCUT2D eigenvalue weighted by atomic mass is 9.73. The van der Waals surface area contributed by atoms with Crippen LogP contribution in [0.5, 0.6) is 0 Å². The van der Waals surface area contributed by atoms with Gasteiger partial charge in [0.15, 0.2) is 0 Å². The zero-order valence-electron chi connectivity index (χ0n) is 13.3. The molecule has 1 heteroatoms. The zero-order chi connectivity index (χ0) is 14.3. The predicted octanol–water partition coefficient (Wildman–Crippen LogP) is 4.99. The van der Waals surface area contributed by atoms with Crippen LogP contribution in [-0.4, -0.2) is 0 Å². The minimum absolute atomic E-state index is 0.131. The third kappa shape index (κ3) is 3.07. The van der Waals surface area contributed by atoms with E-state index in [2.05, 4.69) is 67.5 Å². The van der Waals surface area contributed by atoms with E-state index in [-0.39, 0.29) is 10.8 Å². The molecular formula is C17H29N. The molecule has 0 radical (unpaired) electrons. The molecule has 0 saturated carbocycles. The fourth-order valence-electron chi connectivity index (χ4n) is 2.37. The average molecular weight is 247 g/mol. The van der Waals surface area contributed by atoms with Gasteiger partial charge in [0.05, 0.1) is 0 Å². The van der Waals surface area contributed by atoms with Gasteiger partial charge in [0.2, 0.25) is 0 Å². The Balaban J connectivity index is 3.58. The Morgan fingerprint density at radius 3 is 1.56 bits per heavy atom. The molecule has 0 heterocycles. The molecule has 0 bridgehead atoms. The zero-order valence-corrected chi connectivity index (χ0v) is 13.3. The lowest BCUT2D eigenvalue weighted by Gasteiger charge is -2.32. The standard InChI is InChI=1S/C17H29N/c1-11(2)12-9-13(16(3,4)5)14(10-15(12)18)17(6,7)8/h9-11H,18H2,1-8H3. The molecule has 1 rings (SSSR count). The van der Waals surface area contributed by atoms with Crippen LogP contribution >= 0.6 is 0 Å². The van der Waals surface area contributed by atoms with Crippen LogP contribution in [0.4, 0.5) is 5.69 Å². The molecule has 0 fully saturated rings. The number of nitrogen functional groups attached to an aromatic ring is 1. The Bertz CT molecular complexity index is 428. The topological polar surface area (TPSA) is 26.0 Å². The summed E-state index contributed by atoms with van der Waals surface area (Å²) in [6.45, 7) is 18.0. The number of nitrogens with two attached hydrogens (primary N) is 1. The largest absolute Gasteiger partial charge is 0.398 e. The van der Waals surface area contributed by atoms with Crippen LogP contribution in [0.15, 0.2) is 12.1 Å². The number of hydrogen-bond acceptors (Lipinski definition) is 1. The molecule has 1 aromatic carbocycles. The first-order valence-corrected chi connectivity index (χ1v) is 6.89. The molecule has 0 aliphatic rings. The highest BCUT2D eigenvalue weighted by Gasteiger charge is 2.26. The van der Waals surface area contributed by atoms with Gasteiger partial charge in [-0.2, -0.15) is 0 Å². The normalized spacial score (nSPS) is 13.2. The lowest BCUT2D eigenvalue weighted by molar-refractivity contribution is 0.529. The Hall–Kier alpha value is -0.980. The van der Waals surface area contributed by atoms with Crippen molar-refractivity contribution in [1.82, 2.24) is 0 Å². The van der Waals surface area contributed by atoms with Crippen molar-refractivity contribution in [1.29, 1.82) is 0 Å². The summed E-state index contributed by atoms with van der Waals surface area (Å²) >= 11 is 0. The monoisotopic (exact) mass is 247 g/mol. The molecule has 0 spiro atoms. The van der Waals surface area contributed by atoms with E-state index in [0.29, 0.717) is 5.92 Å². The number of anilines is 1. The van der Waals surface area contributed by atoms with Crippen LogP contribution in [0.3, 0.4) is 0 Å². The van der Waals surface area contributed by atoms with Crippen LogP contribution < -0.4 is 5.73 Å². The molecule has 1 nitrogen and oxygen atoms in total. The first-order chi connectivity index (χ1) is 7.94. The van der Waals surface area contributed by atoms with Crippen molar-refractivity contribution < 1.29 is 0 Å². The maximum Gasteiger partial charge on any atom is 0.0352 e. The van der Waals surface area contributed by atoms with Gasteiger partial charge in [-0.25, -0.2) is 0 Å². The molecule has 0 aliphatic heterocycles. The summed E-state index contributed by atoms with van der Waals surface area (Å²) in [6.07, 6.45) is 0. The first kappa shape index (κ1) is 15.1. The summed E-state index contributed by atoms with van der Waals surface area (Å²) < 4.78 is 0. The molecule has 18 heavy (non-hydrogen) atoms. The van der Waals surface area contributed by atoms with Crippen LogP contribution in [0.2, 0.25) is 0 Å². The van der Waals surface area contributed by atoms with E-state index in [0.717, 1.165) is 5.69 Å². The summed E-state index contributed by atoms with van der Waals surface area (Å²) in [6, 6.07) is 4.51. The highest BCUT2D eigenvalue weighted by atomic mass is 14.6. The van der Waals surface area contributed by atoms with Crippen LogP contribution in [0, 0.1) is 0 Å². The van der Waals surface area contributed by atoms with Gasteiger partial charge in [-0.1, -0.05) is 61.5 Å². The van der Waals surface area contributed by atoms with Gasteiger partial charge in [0, 0.05) is 5.69 Å². The van der Waals surface area contributed by atoms with Crippen molar-refractivity contribution in [2.45, 2.75) is 72.1 Å². The van der Waals surface area contributed by atoms with E-state index >= 15 is 0 Å². The van der Waals surface area contributed by atoms with Crippen molar-refractivity contribution in [2.24, 2.45) is 0 Å². The predicted molar refractivity (Wildman–Crippen MR) is 82.3 cm³/mol. The van der Waals surface area contributed by atoms with Gasteiger partial charge >= 0.3 is 0 Å². The second-order valence-corrected chi connectivity index (χ2v) is 7.68. The molecule has 0 aromatic heterocycles. The molecule has 0 unspecified atom stereocenters. The Morgan fingerprint density at radius 2 is 1.22 bits per heavy atom. The van der Waals surface area contributed by atoms with E-state index in [9.17, 15) is 0 Å². The number of hydrogen-bond donors (Lipinski definition) is 1. The van der Waals surface area contributed by atoms with Crippen LogP contribution in [-0.2, 0) is 10.8 Å². The fraction of sp³-hybridized carbons (Fsp3) is 0.647. The van der Waals surface area contributed by atoms with Gasteiger partial charge in [0.25, 0.3) is 0 Å². The van der Waals surface area contributed by atoms with E-state index in [1.165, 1.54) is 16.7 Å². The molecule has 102 valence electrons. The number of rotatable bonds is 1. The summed E-state index contributed by atoms with van der Waals surface area (Å²) in [5, 5.41) is 0. The summed E-state index contributed by atoms with van der Waals surface area (Å²) in [5.74, 6) is 0.472. The van der Waals surface area contributed by atoms with Gasteiger partial charge < -0.3 is 5.73 Å². The third-order valence-electron chi connectivity index (χ3n) is 3.46. The van der Waals surface area contributed by atoms with Crippen molar-refractivity contribution in [2.75, 3.05) is 5.73 Å². The molecule has 1 aromatic rings. The molecule has 0 saturated heterocycles. The maximum absolute atomic E-state index is 6.23. The SMILES string of the molecule is CC(C)c1cc(C(C)(C)C)c(C(C)(C)C)cc1N. The lowest BCUT2D eigenvalue weighted by Crippen LogP contribution is -2.23. The molecular weight excluding hydrogens is 218 g/mol. The van der Waals surface area contributed by atoms with Crippen molar-refractivity contribution in [3.63, 3.8) is 0 Å². The highest BCUT2D eigenvalue weighted by Crippen LogP contribution is 2.38. The van der Waals surface area contributed by atoms with E-state index in [1.54, 1.807) is 0 Å². The van der Waals surface area contributed by atoms with Crippen LogP contribution in [0.25, 0.3) is 0 Å². The third-order valence-corrected chi connectivity index (χ3v) is 3.46. The first-order valence-electron chi connectivity index (χ1n) is 6.89. The smallest absolute Gasteiger partial charge is 0.0352 e. The van der Waals surface area contributed by atoms with Gasteiger partial charge in [-0.15, -0.1) is 0 Å². The fourth-order valence-corrected chi connectivity index (χ4v) is 2.37. The summed E-state index contributed by atoms with van der Waals surface area (Å²) in [5.41, 5.74) is 11.5. The minimum atomic E-state index is 0.131. The van der Waals surface area contributed by atoms with Gasteiger partial charge in [-0.05, 0) is 39.5 Å². The Morgan fingerprint density at radius 1 is 0.833 bits per heavy atom. The Kier molecular flexibility index (Phi) is 3.86. The van der Waals surface area contributed by atoms with E-state index < -0.39 is 0 Å². The van der Waals surface area contributed by atoms with Crippen molar-refractivity contribution in [3.8, 4) is 0 Å². The highest BCUT2D eigenvalue weighted by molar-refractivity contribution is 5.56. The van der Waals surface area contributed by atoms with E-state index in [1.807, 2.05) is 0 Å². The Labute approximate surface area is 113 Å². The van der Waals surface area contributed by atoms with Gasteiger partial charge in [0.1, 0.15) is 0 Å². The maximum atomic E-state index is 6.23.